The van der Waals surface area contributed by atoms with E-state index in [-0.39, 0.29) is 6.04 Å². The van der Waals surface area contributed by atoms with E-state index in [4.69, 9.17) is 4.74 Å². The smallest absolute Gasteiger partial charge is 0.243 e. The number of hydrogen-bond acceptors (Lipinski definition) is 3. The average Bonchev–Trinajstić information content (AvgIpc) is 2.91. The van der Waals surface area contributed by atoms with Crippen molar-refractivity contribution in [3.05, 3.63) is 29.8 Å². The van der Waals surface area contributed by atoms with E-state index >= 15 is 0 Å². The molecule has 1 atom stereocenters. The van der Waals surface area contributed by atoms with Crippen LogP contribution in [0.4, 0.5) is 0 Å². The summed E-state index contributed by atoms with van der Waals surface area (Å²) in [6.45, 7) is 7.00. The molecule has 1 aliphatic rings. The highest BCUT2D eigenvalue weighted by atomic mass is 32.2. The van der Waals surface area contributed by atoms with Crippen LogP contribution in [0.2, 0.25) is 0 Å². The summed E-state index contributed by atoms with van der Waals surface area (Å²) in [4.78, 5) is 0.371. The number of benzene rings is 1. The van der Waals surface area contributed by atoms with Crippen LogP contribution in [-0.4, -0.2) is 39.0 Å². The van der Waals surface area contributed by atoms with Crippen LogP contribution in [0.1, 0.15) is 32.3 Å². The first-order chi connectivity index (χ1) is 9.55. The Bertz CT molecular complexity index is 496. The lowest BCUT2D eigenvalue weighted by Crippen LogP contribution is -2.38. The number of ether oxygens (including phenoxy) is 1. The summed E-state index contributed by atoms with van der Waals surface area (Å²) in [5.74, 6) is 0. The molecule has 1 aromatic rings. The fourth-order valence-corrected chi connectivity index (χ4v) is 4.01. The molecular weight excluding hydrogens is 274 g/mol. The zero-order chi connectivity index (χ0) is 15.2. The van der Waals surface area contributed by atoms with Gasteiger partial charge in [0.05, 0.1) is 11.5 Å². The van der Waals surface area contributed by atoms with Crippen LogP contribution in [-0.2, 0) is 14.8 Å². The van der Waals surface area contributed by atoms with Crippen molar-refractivity contribution in [2.45, 2.75) is 44.6 Å². The molecular formula is C15H25NO3S. The highest BCUT2D eigenvalue weighted by Crippen LogP contribution is 2.26. The van der Waals surface area contributed by atoms with Gasteiger partial charge in [0.1, 0.15) is 0 Å². The lowest BCUT2D eigenvalue weighted by Gasteiger charge is -2.23. The van der Waals surface area contributed by atoms with Crippen molar-refractivity contribution in [1.29, 1.82) is 0 Å². The maximum absolute atomic E-state index is 12.5. The molecule has 2 rings (SSSR count). The first kappa shape index (κ1) is 17.1. The predicted molar refractivity (Wildman–Crippen MR) is 81.3 cm³/mol. The van der Waals surface area contributed by atoms with Gasteiger partial charge < -0.3 is 4.74 Å². The quantitative estimate of drug-likeness (QED) is 0.859. The number of hydrogen-bond donors (Lipinski definition) is 0. The van der Waals surface area contributed by atoms with Gasteiger partial charge in [-0.15, -0.1) is 0 Å². The van der Waals surface area contributed by atoms with Crippen molar-refractivity contribution < 1.29 is 13.2 Å². The fraction of sp³-hybridized carbons (Fsp3) is 0.600. The third-order valence-electron chi connectivity index (χ3n) is 3.31. The van der Waals surface area contributed by atoms with Crippen molar-refractivity contribution in [2.24, 2.45) is 0 Å². The molecule has 1 heterocycles. The van der Waals surface area contributed by atoms with Gasteiger partial charge in [-0.25, -0.2) is 8.42 Å². The summed E-state index contributed by atoms with van der Waals surface area (Å²) in [6.07, 6.45) is 1.78. The standard InChI is InChI=1S/C13H19NO3S.C2H6/c1-11-5-7-13(8-6-11)18(15,16)14-9-3-4-12(14)10-17-2;1-2/h5-8,12H,3-4,9-10H2,1-2H3;1-2H3/t12-;/m0./s1. The van der Waals surface area contributed by atoms with E-state index in [1.165, 1.54) is 0 Å². The van der Waals surface area contributed by atoms with Crippen LogP contribution in [0.25, 0.3) is 0 Å². The second-order valence-corrected chi connectivity index (χ2v) is 6.57. The largest absolute Gasteiger partial charge is 0.383 e. The number of nitrogens with zero attached hydrogens (tertiary/aromatic N) is 1. The van der Waals surface area contributed by atoms with Gasteiger partial charge in [0, 0.05) is 19.7 Å². The first-order valence-electron chi connectivity index (χ1n) is 7.13. The van der Waals surface area contributed by atoms with Crippen LogP contribution < -0.4 is 0 Å². The van der Waals surface area contributed by atoms with Crippen molar-refractivity contribution in [3.8, 4) is 0 Å². The van der Waals surface area contributed by atoms with Crippen LogP contribution >= 0.6 is 0 Å². The van der Waals surface area contributed by atoms with E-state index in [0.717, 1.165) is 18.4 Å². The Kier molecular flexibility index (Phi) is 6.65. The highest BCUT2D eigenvalue weighted by Gasteiger charge is 2.34. The number of aryl methyl sites for hydroxylation is 1. The lowest BCUT2D eigenvalue weighted by atomic mass is 10.2. The van der Waals surface area contributed by atoms with Gasteiger partial charge in [-0.2, -0.15) is 4.31 Å². The molecule has 20 heavy (non-hydrogen) atoms. The van der Waals surface area contributed by atoms with Gasteiger partial charge in [0.15, 0.2) is 0 Å². The third kappa shape index (κ3) is 3.81. The van der Waals surface area contributed by atoms with E-state index in [0.29, 0.717) is 18.0 Å². The molecule has 0 radical (unpaired) electrons. The molecule has 1 saturated heterocycles. The molecule has 5 heteroatoms. The normalized spacial score (nSPS) is 19.5. The van der Waals surface area contributed by atoms with E-state index in [1.54, 1.807) is 23.5 Å². The molecule has 0 unspecified atom stereocenters. The van der Waals surface area contributed by atoms with Crippen LogP contribution in [0.15, 0.2) is 29.2 Å². The van der Waals surface area contributed by atoms with Gasteiger partial charge in [-0.05, 0) is 31.9 Å². The second kappa shape index (κ2) is 7.76. The first-order valence-corrected chi connectivity index (χ1v) is 8.57. The number of methoxy groups -OCH3 is 1. The maximum Gasteiger partial charge on any atom is 0.243 e. The summed E-state index contributed by atoms with van der Waals surface area (Å²) in [7, 11) is -1.77. The van der Waals surface area contributed by atoms with Gasteiger partial charge >= 0.3 is 0 Å². The monoisotopic (exact) mass is 299 g/mol. The van der Waals surface area contributed by atoms with E-state index in [1.807, 2.05) is 32.9 Å². The minimum atomic E-state index is -3.37. The molecule has 4 nitrogen and oxygen atoms in total. The van der Waals surface area contributed by atoms with E-state index < -0.39 is 10.0 Å². The van der Waals surface area contributed by atoms with Gasteiger partial charge in [0.2, 0.25) is 10.0 Å². The molecule has 114 valence electrons. The SMILES string of the molecule is CC.COC[C@@H]1CCCN1S(=O)(=O)c1ccc(C)cc1. The second-order valence-electron chi connectivity index (χ2n) is 4.68. The zero-order valence-corrected chi connectivity index (χ0v) is 13.6. The topological polar surface area (TPSA) is 46.6 Å². The molecule has 0 spiro atoms. The van der Waals surface area contributed by atoms with Crippen LogP contribution in [0.5, 0.6) is 0 Å². The zero-order valence-electron chi connectivity index (χ0n) is 12.8. The highest BCUT2D eigenvalue weighted by molar-refractivity contribution is 7.89. The van der Waals surface area contributed by atoms with Crippen LogP contribution in [0.3, 0.4) is 0 Å². The predicted octanol–water partition coefficient (Wildman–Crippen LogP) is 2.82. The Balaban J connectivity index is 0.000000956. The molecule has 0 N–H and O–H groups in total. The Hall–Kier alpha value is -0.910. The lowest BCUT2D eigenvalue weighted by molar-refractivity contribution is 0.149. The molecule has 0 aliphatic carbocycles. The third-order valence-corrected chi connectivity index (χ3v) is 5.28. The van der Waals surface area contributed by atoms with Gasteiger partial charge in [-0.1, -0.05) is 31.5 Å². The fourth-order valence-electron chi connectivity index (χ4n) is 2.33. The van der Waals surface area contributed by atoms with Crippen molar-refractivity contribution in [3.63, 3.8) is 0 Å². The van der Waals surface area contributed by atoms with Crippen molar-refractivity contribution in [2.75, 3.05) is 20.3 Å². The maximum atomic E-state index is 12.5. The van der Waals surface area contributed by atoms with Gasteiger partial charge in [-0.3, -0.25) is 0 Å². The number of rotatable bonds is 4. The Labute approximate surface area is 122 Å². The summed E-state index contributed by atoms with van der Waals surface area (Å²) in [6, 6.07) is 6.98. The van der Waals surface area contributed by atoms with E-state index in [9.17, 15) is 8.42 Å². The Morgan fingerprint density at radius 2 is 1.85 bits per heavy atom. The minimum absolute atomic E-state index is 0.0266. The Morgan fingerprint density at radius 3 is 2.40 bits per heavy atom. The summed E-state index contributed by atoms with van der Waals surface area (Å²) >= 11 is 0. The minimum Gasteiger partial charge on any atom is -0.383 e. The van der Waals surface area contributed by atoms with Crippen molar-refractivity contribution >= 4 is 10.0 Å². The number of sulfonamides is 1. The molecule has 0 saturated carbocycles. The molecule has 0 aromatic heterocycles. The molecule has 1 aromatic carbocycles. The molecule has 1 aliphatic heterocycles. The Morgan fingerprint density at radius 1 is 1.25 bits per heavy atom. The average molecular weight is 299 g/mol. The summed E-state index contributed by atoms with van der Waals surface area (Å²) in [5, 5.41) is 0. The molecule has 1 fully saturated rings. The van der Waals surface area contributed by atoms with Crippen molar-refractivity contribution in [1.82, 2.24) is 4.31 Å². The van der Waals surface area contributed by atoms with E-state index in [2.05, 4.69) is 0 Å². The molecule has 0 bridgehead atoms. The van der Waals surface area contributed by atoms with Gasteiger partial charge in [0.25, 0.3) is 0 Å². The molecule has 0 amide bonds. The summed E-state index contributed by atoms with van der Waals surface area (Å²) < 4.78 is 31.7. The van der Waals surface area contributed by atoms with Crippen LogP contribution in [0, 0.1) is 6.92 Å². The summed E-state index contributed by atoms with van der Waals surface area (Å²) in [5.41, 5.74) is 1.06.